The summed E-state index contributed by atoms with van der Waals surface area (Å²) in [6.07, 6.45) is 0.619. The van der Waals surface area contributed by atoms with Gasteiger partial charge in [0.05, 0.1) is 0 Å². The highest BCUT2D eigenvalue weighted by Crippen LogP contribution is 2.35. The molecule has 1 saturated heterocycles. The molecule has 0 spiro atoms. The van der Waals surface area contributed by atoms with E-state index in [0.29, 0.717) is 6.54 Å². The van der Waals surface area contributed by atoms with E-state index in [-0.39, 0.29) is 48.8 Å². The third-order valence-corrected chi connectivity index (χ3v) is 5.48. The van der Waals surface area contributed by atoms with E-state index in [4.69, 9.17) is 0 Å². The molecule has 3 N–H and O–H groups in total. The van der Waals surface area contributed by atoms with Gasteiger partial charge in [-0.05, 0) is 40.0 Å². The van der Waals surface area contributed by atoms with Gasteiger partial charge >= 0.3 is 0 Å². The molecule has 2 atom stereocenters. The minimum atomic E-state index is -0.953. The lowest BCUT2D eigenvalue weighted by Gasteiger charge is -2.40. The molecule has 1 heterocycles. The van der Waals surface area contributed by atoms with Gasteiger partial charge in [0.15, 0.2) is 0 Å². The summed E-state index contributed by atoms with van der Waals surface area (Å²) in [5.41, 5.74) is -1.79. The van der Waals surface area contributed by atoms with Gasteiger partial charge in [0, 0.05) is 30.3 Å². The number of amides is 5. The normalized spacial score (nSPS) is 16.9. The Morgan fingerprint density at radius 3 is 1.90 bits per heavy atom. The Balaban J connectivity index is 2.90. The van der Waals surface area contributed by atoms with Crippen LogP contribution in [0.15, 0.2) is 0 Å². The zero-order chi connectivity index (χ0) is 24.1. The van der Waals surface area contributed by atoms with Crippen molar-refractivity contribution in [3.05, 3.63) is 0 Å². The van der Waals surface area contributed by atoms with Crippen LogP contribution in [0.4, 0.5) is 0 Å². The number of nitrogens with zero attached hydrogens (tertiary/aromatic N) is 1. The molecule has 0 saturated carbocycles. The fourth-order valence-electron chi connectivity index (χ4n) is 4.06. The van der Waals surface area contributed by atoms with Gasteiger partial charge in [-0.25, -0.2) is 0 Å². The van der Waals surface area contributed by atoms with E-state index in [1.807, 2.05) is 0 Å². The average molecular weight is 439 g/mol. The van der Waals surface area contributed by atoms with E-state index < -0.39 is 28.9 Å². The lowest BCUT2D eigenvalue weighted by atomic mass is 9.78. The third-order valence-electron chi connectivity index (χ3n) is 5.48. The number of likely N-dealkylation sites (tertiary alicyclic amines) is 1. The van der Waals surface area contributed by atoms with Crippen molar-refractivity contribution in [3.63, 3.8) is 0 Å². The maximum absolute atomic E-state index is 13.1. The minimum Gasteiger partial charge on any atom is -0.355 e. The maximum Gasteiger partial charge on any atom is 0.243 e. The van der Waals surface area contributed by atoms with Crippen molar-refractivity contribution in [2.75, 3.05) is 6.54 Å². The van der Waals surface area contributed by atoms with Crippen molar-refractivity contribution >= 4 is 29.5 Å². The van der Waals surface area contributed by atoms with Crippen LogP contribution in [0.5, 0.6) is 0 Å². The predicted octanol–water partition coefficient (Wildman–Crippen LogP) is 1.11. The first-order valence-electron chi connectivity index (χ1n) is 10.9. The average Bonchev–Trinajstić information content (AvgIpc) is 2.97. The number of hydrogen-bond donors (Lipinski definition) is 3. The van der Waals surface area contributed by atoms with E-state index in [2.05, 4.69) is 16.0 Å². The highest BCUT2D eigenvalue weighted by molar-refractivity contribution is 6.02. The van der Waals surface area contributed by atoms with Gasteiger partial charge in [-0.2, -0.15) is 0 Å². The minimum absolute atomic E-state index is 0.189. The summed E-state index contributed by atoms with van der Waals surface area (Å²) in [6.45, 7) is 14.4. The lowest BCUT2D eigenvalue weighted by Crippen LogP contribution is -2.57. The van der Waals surface area contributed by atoms with Gasteiger partial charge < -0.3 is 16.0 Å². The molecule has 1 rings (SSSR count). The molecule has 0 aromatic heterocycles. The van der Waals surface area contributed by atoms with Crippen LogP contribution in [0.3, 0.4) is 0 Å². The SMILES string of the molecule is CCNC(=O)[C@H](C)NC(=O)[C@@H](NC(=O)C(C)(C)CC(C)(C)N1C(=O)CCC1=O)C(C)C. The number of carbonyl (C=O) groups is 5. The van der Waals surface area contributed by atoms with E-state index >= 15 is 0 Å². The van der Waals surface area contributed by atoms with Crippen LogP contribution in [-0.2, 0) is 24.0 Å². The Bertz CT molecular complexity index is 713. The van der Waals surface area contributed by atoms with Gasteiger partial charge in [-0.1, -0.05) is 27.7 Å². The molecule has 0 aliphatic carbocycles. The van der Waals surface area contributed by atoms with Crippen molar-refractivity contribution in [3.8, 4) is 0 Å². The summed E-state index contributed by atoms with van der Waals surface area (Å²) in [5, 5.41) is 8.08. The van der Waals surface area contributed by atoms with Crippen LogP contribution in [-0.4, -0.2) is 58.6 Å². The third kappa shape index (κ3) is 6.77. The molecule has 0 aromatic carbocycles. The Hall–Kier alpha value is -2.45. The quantitative estimate of drug-likeness (QED) is 0.441. The molecule has 0 radical (unpaired) electrons. The molecular weight excluding hydrogens is 400 g/mol. The maximum atomic E-state index is 13.1. The summed E-state index contributed by atoms with van der Waals surface area (Å²) < 4.78 is 0. The Kier molecular flexibility index (Phi) is 8.78. The number of hydrogen-bond acceptors (Lipinski definition) is 5. The smallest absolute Gasteiger partial charge is 0.243 e. The summed E-state index contributed by atoms with van der Waals surface area (Å²) in [5.74, 6) is -1.78. The predicted molar refractivity (Wildman–Crippen MR) is 117 cm³/mol. The van der Waals surface area contributed by atoms with Crippen molar-refractivity contribution in [1.29, 1.82) is 0 Å². The van der Waals surface area contributed by atoms with E-state index in [1.165, 1.54) is 4.90 Å². The topological polar surface area (TPSA) is 125 Å². The highest BCUT2D eigenvalue weighted by Gasteiger charge is 2.45. The van der Waals surface area contributed by atoms with Crippen molar-refractivity contribution < 1.29 is 24.0 Å². The van der Waals surface area contributed by atoms with Gasteiger partial charge in [-0.3, -0.25) is 28.9 Å². The fourth-order valence-corrected chi connectivity index (χ4v) is 4.06. The van der Waals surface area contributed by atoms with Crippen LogP contribution in [0.1, 0.15) is 74.7 Å². The number of likely N-dealkylation sites (N-methyl/N-ethyl adjacent to an activating group) is 1. The summed E-state index contributed by atoms with van der Waals surface area (Å²) in [7, 11) is 0. The number of nitrogens with one attached hydrogen (secondary N) is 3. The van der Waals surface area contributed by atoms with Crippen molar-refractivity contribution in [1.82, 2.24) is 20.9 Å². The molecule has 5 amide bonds. The van der Waals surface area contributed by atoms with Crippen LogP contribution in [0.25, 0.3) is 0 Å². The lowest BCUT2D eigenvalue weighted by molar-refractivity contribution is -0.148. The molecular formula is C22H38N4O5. The first-order chi connectivity index (χ1) is 14.1. The molecule has 31 heavy (non-hydrogen) atoms. The number of imide groups is 1. The Morgan fingerprint density at radius 1 is 0.935 bits per heavy atom. The standard InChI is InChI=1S/C22H38N4O5/c1-9-23-18(29)14(4)24-19(30)17(13(2)3)25-20(31)21(5,6)12-22(7,8)26-15(27)10-11-16(26)28/h13-14,17H,9-12H2,1-8H3,(H,23,29)(H,24,30)(H,25,31)/t14-,17-/m0/s1. The molecule has 1 fully saturated rings. The second kappa shape index (κ2) is 10.2. The van der Waals surface area contributed by atoms with Crippen LogP contribution >= 0.6 is 0 Å². The van der Waals surface area contributed by atoms with Crippen molar-refractivity contribution in [2.24, 2.45) is 11.3 Å². The second-order valence-corrected chi connectivity index (χ2v) is 9.82. The fraction of sp³-hybridized carbons (Fsp3) is 0.773. The molecule has 9 nitrogen and oxygen atoms in total. The molecule has 176 valence electrons. The first-order valence-corrected chi connectivity index (χ1v) is 10.9. The molecule has 0 aromatic rings. The first kappa shape index (κ1) is 26.6. The zero-order valence-corrected chi connectivity index (χ0v) is 20.0. The van der Waals surface area contributed by atoms with Crippen molar-refractivity contribution in [2.45, 2.75) is 92.3 Å². The van der Waals surface area contributed by atoms with Crippen LogP contribution in [0, 0.1) is 11.3 Å². The highest BCUT2D eigenvalue weighted by atomic mass is 16.2. The second-order valence-electron chi connectivity index (χ2n) is 9.82. The largest absolute Gasteiger partial charge is 0.355 e. The zero-order valence-electron chi connectivity index (χ0n) is 20.0. The van der Waals surface area contributed by atoms with Gasteiger partial charge in [0.1, 0.15) is 12.1 Å². The van der Waals surface area contributed by atoms with Gasteiger partial charge in [-0.15, -0.1) is 0 Å². The van der Waals surface area contributed by atoms with Gasteiger partial charge in [0.2, 0.25) is 29.5 Å². The molecule has 1 aliphatic heterocycles. The molecule has 0 unspecified atom stereocenters. The molecule has 9 heteroatoms. The molecule has 1 aliphatic rings. The summed E-state index contributed by atoms with van der Waals surface area (Å²) >= 11 is 0. The van der Waals surface area contributed by atoms with E-state index in [0.717, 1.165) is 0 Å². The Morgan fingerprint density at radius 2 is 1.45 bits per heavy atom. The van der Waals surface area contributed by atoms with Crippen LogP contribution < -0.4 is 16.0 Å². The van der Waals surface area contributed by atoms with E-state index in [9.17, 15) is 24.0 Å². The molecule has 0 bridgehead atoms. The summed E-state index contributed by atoms with van der Waals surface area (Å²) in [6, 6.07) is -1.56. The summed E-state index contributed by atoms with van der Waals surface area (Å²) in [4.78, 5) is 63.3. The Labute approximate surface area is 185 Å². The van der Waals surface area contributed by atoms with Gasteiger partial charge in [0.25, 0.3) is 0 Å². The number of rotatable bonds is 10. The monoisotopic (exact) mass is 438 g/mol. The van der Waals surface area contributed by atoms with E-state index in [1.54, 1.807) is 55.4 Å². The van der Waals surface area contributed by atoms with Crippen LogP contribution in [0.2, 0.25) is 0 Å². The number of carbonyl (C=O) groups excluding carboxylic acids is 5.